The maximum atomic E-state index is 12.9. The summed E-state index contributed by atoms with van der Waals surface area (Å²) in [5.74, 6) is -1.12. The summed E-state index contributed by atoms with van der Waals surface area (Å²) in [6.07, 6.45) is 3.41. The number of aliphatic hydroxyl groups excluding tert-OH is 1. The number of esters is 3. The average molecular weight is 503 g/mol. The number of hydrogen-bond acceptors (Lipinski definition) is 8. The molecule has 5 rings (SSSR count). The largest absolute Gasteiger partial charge is 0.462 e. The van der Waals surface area contributed by atoms with Gasteiger partial charge < -0.3 is 24.1 Å². The fourth-order valence-electron chi connectivity index (χ4n) is 9.09. The molecule has 0 aromatic heterocycles. The van der Waals surface area contributed by atoms with Gasteiger partial charge in [-0.05, 0) is 54.1 Å². The van der Waals surface area contributed by atoms with Crippen LogP contribution in [0.3, 0.4) is 0 Å². The summed E-state index contributed by atoms with van der Waals surface area (Å²) in [7, 11) is 1.63. The van der Waals surface area contributed by atoms with Crippen LogP contribution in [-0.4, -0.2) is 61.1 Å². The van der Waals surface area contributed by atoms with Crippen LogP contribution < -0.4 is 0 Å². The second kappa shape index (κ2) is 8.42. The fourth-order valence-corrected chi connectivity index (χ4v) is 9.09. The molecule has 0 unspecified atom stereocenters. The molecular weight excluding hydrogens is 464 g/mol. The Kier molecular flexibility index (Phi) is 5.95. The lowest BCUT2D eigenvalue weighted by atomic mass is 9.37. The summed E-state index contributed by atoms with van der Waals surface area (Å²) < 4.78 is 23.0. The highest BCUT2D eigenvalue weighted by molar-refractivity contribution is 5.86. The van der Waals surface area contributed by atoms with Crippen LogP contribution in [0.25, 0.3) is 0 Å². The highest BCUT2D eigenvalue weighted by Gasteiger charge is 2.72. The number of rotatable bonds is 4. The molecule has 36 heavy (non-hydrogen) atoms. The third-order valence-corrected chi connectivity index (χ3v) is 10.3. The van der Waals surface area contributed by atoms with E-state index in [-0.39, 0.29) is 48.4 Å². The van der Waals surface area contributed by atoms with E-state index in [0.29, 0.717) is 25.7 Å². The van der Waals surface area contributed by atoms with Crippen LogP contribution in [0.1, 0.15) is 60.3 Å². The zero-order valence-corrected chi connectivity index (χ0v) is 22.0. The molecule has 0 bridgehead atoms. The molecule has 10 atom stereocenters. The molecule has 3 fully saturated rings. The van der Waals surface area contributed by atoms with Crippen LogP contribution in [0.2, 0.25) is 0 Å². The minimum Gasteiger partial charge on any atom is -0.462 e. The highest BCUT2D eigenvalue weighted by Crippen LogP contribution is 2.71. The number of hydrogen-bond donors (Lipinski definition) is 1. The van der Waals surface area contributed by atoms with Crippen molar-refractivity contribution < 1.29 is 38.4 Å². The Morgan fingerprint density at radius 3 is 2.47 bits per heavy atom. The molecule has 3 saturated carbocycles. The van der Waals surface area contributed by atoms with Crippen LogP contribution >= 0.6 is 0 Å². The average Bonchev–Trinajstić information content (AvgIpc) is 3.18. The molecule has 2 aliphatic heterocycles. The molecule has 0 amide bonds. The van der Waals surface area contributed by atoms with Crippen molar-refractivity contribution in [1.29, 1.82) is 0 Å². The van der Waals surface area contributed by atoms with Crippen LogP contribution in [-0.2, 0) is 33.3 Å². The van der Waals surface area contributed by atoms with Gasteiger partial charge in [-0.15, -0.1) is 0 Å². The first-order chi connectivity index (χ1) is 16.8. The van der Waals surface area contributed by atoms with Gasteiger partial charge in [0, 0.05) is 42.9 Å². The van der Waals surface area contributed by atoms with Crippen LogP contribution in [0, 0.1) is 34.0 Å². The van der Waals surface area contributed by atoms with E-state index in [1.54, 1.807) is 13.2 Å². The number of carbonyl (C=O) groups is 3. The van der Waals surface area contributed by atoms with Gasteiger partial charge in [0.25, 0.3) is 0 Å². The maximum Gasteiger partial charge on any atom is 0.331 e. The second-order valence-electron chi connectivity index (χ2n) is 12.4. The quantitative estimate of drug-likeness (QED) is 0.462. The SMILES string of the molecule is CO[C@H]1C[C@@H](C)[C@@H]2C[C@H]3OC(=O)C=C4[C@](C)(CC5=CC(=O)OC5)C[C@@H](OC(C)=O)[C@@H]([C@]43C)[C@@]2(C)[C@@H]1O. The monoisotopic (exact) mass is 502 g/mol. The predicted octanol–water partition coefficient (Wildman–Crippen LogP) is 3.12. The van der Waals surface area contributed by atoms with E-state index in [2.05, 4.69) is 27.7 Å². The van der Waals surface area contributed by atoms with Gasteiger partial charge >= 0.3 is 17.9 Å². The second-order valence-corrected chi connectivity index (χ2v) is 12.4. The van der Waals surface area contributed by atoms with Crippen molar-refractivity contribution in [1.82, 2.24) is 0 Å². The standard InChI is InChI=1S/C28H38O8/c1-14-7-18(33-6)25(32)27(4)17(14)9-21-28(5)20(10-23(31)36-21)26(3,11-16-8-22(30)34-13-16)12-19(24(27)28)35-15(2)29/h8,10,14,17-19,21,24-25,32H,7,9,11-13H2,1-6H3/t14-,17+,18+,19-,21-,24-,25-,26-,27+,28-/m1/s1. The Balaban J connectivity index is 1.69. The highest BCUT2D eigenvalue weighted by atomic mass is 16.6. The number of methoxy groups -OCH3 is 1. The summed E-state index contributed by atoms with van der Waals surface area (Å²) in [4.78, 5) is 37.2. The summed E-state index contributed by atoms with van der Waals surface area (Å²) in [6, 6.07) is 0. The number of fused-ring (bicyclic) bond motifs is 2. The normalized spacial score (nSPS) is 47.6. The maximum absolute atomic E-state index is 12.9. The van der Waals surface area contributed by atoms with E-state index in [9.17, 15) is 19.5 Å². The van der Waals surface area contributed by atoms with E-state index in [1.165, 1.54) is 13.0 Å². The van der Waals surface area contributed by atoms with Gasteiger partial charge in [-0.3, -0.25) is 4.79 Å². The van der Waals surface area contributed by atoms with Crippen molar-refractivity contribution >= 4 is 17.9 Å². The van der Waals surface area contributed by atoms with Crippen molar-refractivity contribution in [2.45, 2.75) is 84.7 Å². The van der Waals surface area contributed by atoms with Crippen LogP contribution in [0.15, 0.2) is 23.3 Å². The Bertz CT molecular complexity index is 1050. The summed E-state index contributed by atoms with van der Waals surface area (Å²) in [5.41, 5.74) is -0.0818. The first-order valence-corrected chi connectivity index (χ1v) is 13.0. The lowest BCUT2D eigenvalue weighted by Gasteiger charge is -2.70. The number of ether oxygens (including phenoxy) is 4. The first-order valence-electron chi connectivity index (χ1n) is 13.0. The number of cyclic esters (lactones) is 1. The molecule has 0 radical (unpaired) electrons. The van der Waals surface area contributed by atoms with Crippen molar-refractivity contribution in [2.75, 3.05) is 13.7 Å². The Labute approximate surface area is 212 Å². The zero-order chi connectivity index (χ0) is 26.2. The van der Waals surface area contributed by atoms with E-state index in [0.717, 1.165) is 11.1 Å². The number of carbonyl (C=O) groups excluding carboxylic acids is 3. The molecule has 198 valence electrons. The Morgan fingerprint density at radius 1 is 1.14 bits per heavy atom. The van der Waals surface area contributed by atoms with Crippen molar-refractivity contribution in [3.05, 3.63) is 23.3 Å². The molecular formula is C28H38O8. The first kappa shape index (κ1) is 25.5. The van der Waals surface area contributed by atoms with Gasteiger partial charge in [0.05, 0.1) is 12.2 Å². The molecule has 1 N–H and O–H groups in total. The topological polar surface area (TPSA) is 108 Å². The molecule has 0 aromatic carbocycles. The van der Waals surface area contributed by atoms with Gasteiger partial charge in [0.2, 0.25) is 0 Å². The van der Waals surface area contributed by atoms with E-state index in [4.69, 9.17) is 18.9 Å². The molecule has 5 aliphatic rings. The third-order valence-electron chi connectivity index (χ3n) is 10.3. The third kappa shape index (κ3) is 3.51. The number of aliphatic hydroxyl groups is 1. The minimum absolute atomic E-state index is 0.0556. The minimum atomic E-state index is -0.767. The van der Waals surface area contributed by atoms with E-state index < -0.39 is 34.6 Å². The Morgan fingerprint density at radius 2 is 1.86 bits per heavy atom. The molecule has 0 spiro atoms. The van der Waals surface area contributed by atoms with Crippen molar-refractivity contribution in [2.24, 2.45) is 34.0 Å². The molecule has 2 heterocycles. The molecule has 0 aromatic rings. The Hall–Kier alpha value is -2.19. The van der Waals surface area contributed by atoms with Crippen LogP contribution in [0.5, 0.6) is 0 Å². The van der Waals surface area contributed by atoms with Crippen LogP contribution in [0.4, 0.5) is 0 Å². The summed E-state index contributed by atoms with van der Waals surface area (Å²) in [5, 5.41) is 11.8. The molecule has 8 heteroatoms. The van der Waals surface area contributed by atoms with Gasteiger partial charge in [0.15, 0.2) is 0 Å². The summed E-state index contributed by atoms with van der Waals surface area (Å²) >= 11 is 0. The lowest BCUT2D eigenvalue weighted by Crippen LogP contribution is -2.72. The molecule has 3 aliphatic carbocycles. The zero-order valence-electron chi connectivity index (χ0n) is 22.0. The van der Waals surface area contributed by atoms with Gasteiger partial charge in [-0.1, -0.05) is 27.7 Å². The van der Waals surface area contributed by atoms with Crippen molar-refractivity contribution in [3.8, 4) is 0 Å². The summed E-state index contributed by atoms with van der Waals surface area (Å²) in [6.45, 7) is 10.1. The lowest BCUT2D eigenvalue weighted by molar-refractivity contribution is -0.269. The van der Waals surface area contributed by atoms with Gasteiger partial charge in [-0.2, -0.15) is 0 Å². The van der Waals surface area contributed by atoms with Gasteiger partial charge in [0.1, 0.15) is 18.8 Å². The van der Waals surface area contributed by atoms with Gasteiger partial charge in [-0.25, -0.2) is 9.59 Å². The van der Waals surface area contributed by atoms with E-state index in [1.807, 2.05) is 0 Å². The van der Waals surface area contributed by atoms with E-state index >= 15 is 0 Å². The fraction of sp³-hybridized carbons (Fsp3) is 0.750. The van der Waals surface area contributed by atoms with Crippen molar-refractivity contribution in [3.63, 3.8) is 0 Å². The molecule has 0 saturated heterocycles. The smallest absolute Gasteiger partial charge is 0.331 e. The molecule has 8 nitrogen and oxygen atoms in total. The predicted molar refractivity (Wildman–Crippen MR) is 128 cm³/mol.